The molecule has 19 heavy (non-hydrogen) atoms. The van der Waals surface area contributed by atoms with Crippen LogP contribution in [-0.4, -0.2) is 62.8 Å². The molecule has 1 aliphatic rings. The third kappa shape index (κ3) is 7.06. The Bertz CT molecular complexity index is 255. The minimum Gasteiger partial charge on any atom is -0.381 e. The van der Waals surface area contributed by atoms with E-state index in [2.05, 4.69) is 30.4 Å². The van der Waals surface area contributed by atoms with Gasteiger partial charge in [0.05, 0.1) is 6.61 Å². The van der Waals surface area contributed by atoms with Crippen LogP contribution in [0.2, 0.25) is 0 Å². The molecule has 0 aromatic carbocycles. The highest BCUT2D eigenvalue weighted by Crippen LogP contribution is 2.13. The smallest absolute Gasteiger partial charge is 0.193 e. The lowest BCUT2D eigenvalue weighted by Gasteiger charge is -2.24. The monoisotopic (exact) mass is 287 g/mol. The zero-order chi connectivity index (χ0) is 13.9. The summed E-state index contributed by atoms with van der Waals surface area (Å²) in [6, 6.07) is 0. The summed E-state index contributed by atoms with van der Waals surface area (Å²) in [6.07, 6.45) is 5.77. The van der Waals surface area contributed by atoms with E-state index in [1.54, 1.807) is 0 Å². The van der Waals surface area contributed by atoms with E-state index < -0.39 is 0 Å². The highest BCUT2D eigenvalue weighted by atomic mass is 32.2. The summed E-state index contributed by atoms with van der Waals surface area (Å²) in [5.74, 6) is 2.94. The number of hydrogen-bond donors (Lipinski definition) is 1. The first-order valence-electron chi connectivity index (χ1n) is 7.34. The van der Waals surface area contributed by atoms with Crippen LogP contribution in [0.4, 0.5) is 0 Å². The Kier molecular flexibility index (Phi) is 9.08. The second kappa shape index (κ2) is 10.4. The summed E-state index contributed by atoms with van der Waals surface area (Å²) in [7, 11) is 2.13. The van der Waals surface area contributed by atoms with Crippen molar-refractivity contribution >= 4 is 17.7 Å². The Morgan fingerprint density at radius 3 is 2.95 bits per heavy atom. The van der Waals surface area contributed by atoms with Crippen LogP contribution >= 0.6 is 11.8 Å². The molecule has 1 rings (SSSR count). The van der Waals surface area contributed by atoms with Gasteiger partial charge in [0, 0.05) is 39.2 Å². The van der Waals surface area contributed by atoms with E-state index in [9.17, 15) is 0 Å². The van der Waals surface area contributed by atoms with Gasteiger partial charge in [0.2, 0.25) is 0 Å². The normalized spacial score (nSPS) is 19.7. The van der Waals surface area contributed by atoms with Gasteiger partial charge in [-0.15, -0.1) is 0 Å². The number of thioether (sulfide) groups is 1. The summed E-state index contributed by atoms with van der Waals surface area (Å²) in [4.78, 5) is 6.96. The van der Waals surface area contributed by atoms with Gasteiger partial charge in [-0.25, -0.2) is 0 Å². The van der Waals surface area contributed by atoms with Gasteiger partial charge < -0.3 is 15.0 Å². The molecule has 5 heteroatoms. The molecule has 0 bridgehead atoms. The molecule has 0 spiro atoms. The maximum absolute atomic E-state index is 5.43. The largest absolute Gasteiger partial charge is 0.381 e. The van der Waals surface area contributed by atoms with Crippen molar-refractivity contribution in [2.75, 3.05) is 51.9 Å². The Labute approximate surface area is 122 Å². The molecule has 0 aliphatic carbocycles. The summed E-state index contributed by atoms with van der Waals surface area (Å²) in [5.41, 5.74) is 0. The lowest BCUT2D eigenvalue weighted by molar-refractivity contribution is 0.181. The Morgan fingerprint density at radius 2 is 2.32 bits per heavy atom. The highest BCUT2D eigenvalue weighted by Gasteiger charge is 2.18. The van der Waals surface area contributed by atoms with Crippen molar-refractivity contribution in [2.45, 2.75) is 26.2 Å². The van der Waals surface area contributed by atoms with Gasteiger partial charge in [-0.3, -0.25) is 4.99 Å². The SMILES string of the molecule is CCNC(=NCCCCSC)N(C)CC1CCOC1. The van der Waals surface area contributed by atoms with Crippen molar-refractivity contribution in [1.82, 2.24) is 10.2 Å². The van der Waals surface area contributed by atoms with Crippen LogP contribution in [0.3, 0.4) is 0 Å². The molecular formula is C14H29N3OS. The average molecular weight is 287 g/mol. The minimum atomic E-state index is 0.658. The number of unbranched alkanes of at least 4 members (excludes halogenated alkanes) is 1. The van der Waals surface area contributed by atoms with Gasteiger partial charge in [-0.1, -0.05) is 0 Å². The second-order valence-corrected chi connectivity index (χ2v) is 6.03. The van der Waals surface area contributed by atoms with Crippen LogP contribution in [0.15, 0.2) is 4.99 Å². The molecule has 1 N–H and O–H groups in total. The molecule has 0 saturated carbocycles. The number of nitrogens with zero attached hydrogens (tertiary/aromatic N) is 2. The van der Waals surface area contributed by atoms with E-state index in [-0.39, 0.29) is 0 Å². The minimum absolute atomic E-state index is 0.658. The van der Waals surface area contributed by atoms with Crippen molar-refractivity contribution in [1.29, 1.82) is 0 Å². The first kappa shape index (κ1) is 16.6. The molecule has 1 aliphatic heterocycles. The van der Waals surface area contributed by atoms with E-state index in [0.29, 0.717) is 5.92 Å². The van der Waals surface area contributed by atoms with Gasteiger partial charge in [0.25, 0.3) is 0 Å². The van der Waals surface area contributed by atoms with Gasteiger partial charge in [0.15, 0.2) is 5.96 Å². The molecule has 0 aromatic rings. The Hall–Kier alpha value is -0.420. The summed E-state index contributed by atoms with van der Waals surface area (Å²) in [6.45, 7) is 6.83. The highest BCUT2D eigenvalue weighted by molar-refractivity contribution is 7.98. The van der Waals surface area contributed by atoms with Crippen LogP contribution in [0.5, 0.6) is 0 Å². The predicted molar refractivity (Wildman–Crippen MR) is 85.2 cm³/mol. The van der Waals surface area contributed by atoms with Gasteiger partial charge in [-0.2, -0.15) is 11.8 Å². The molecule has 0 amide bonds. The molecular weight excluding hydrogens is 258 g/mol. The van der Waals surface area contributed by atoms with Crippen molar-refractivity contribution in [3.8, 4) is 0 Å². The zero-order valence-electron chi connectivity index (χ0n) is 12.7. The van der Waals surface area contributed by atoms with Crippen molar-refractivity contribution < 1.29 is 4.74 Å². The van der Waals surface area contributed by atoms with E-state index in [4.69, 9.17) is 9.73 Å². The second-order valence-electron chi connectivity index (χ2n) is 5.05. The lowest BCUT2D eigenvalue weighted by atomic mass is 10.1. The van der Waals surface area contributed by atoms with E-state index >= 15 is 0 Å². The van der Waals surface area contributed by atoms with Gasteiger partial charge in [-0.05, 0) is 38.2 Å². The maximum atomic E-state index is 5.43. The van der Waals surface area contributed by atoms with Crippen LogP contribution < -0.4 is 5.32 Å². The standard InChI is InChI=1S/C14H29N3OS/c1-4-15-14(16-8-5-6-10-19-3)17(2)11-13-7-9-18-12-13/h13H,4-12H2,1-3H3,(H,15,16). The lowest BCUT2D eigenvalue weighted by Crippen LogP contribution is -2.41. The number of hydrogen-bond acceptors (Lipinski definition) is 3. The topological polar surface area (TPSA) is 36.9 Å². The molecule has 1 saturated heterocycles. The molecule has 0 radical (unpaired) electrons. The number of aliphatic imine (C=N–C) groups is 1. The summed E-state index contributed by atoms with van der Waals surface area (Å²) in [5, 5.41) is 3.38. The quantitative estimate of drug-likeness (QED) is 0.421. The first-order valence-corrected chi connectivity index (χ1v) is 8.73. The third-order valence-electron chi connectivity index (χ3n) is 3.27. The Balaban J connectivity index is 2.33. The van der Waals surface area contributed by atoms with E-state index in [1.165, 1.54) is 25.0 Å². The number of nitrogens with one attached hydrogen (secondary N) is 1. The van der Waals surface area contributed by atoms with Gasteiger partial charge in [0.1, 0.15) is 0 Å². The van der Waals surface area contributed by atoms with Crippen molar-refractivity contribution in [2.24, 2.45) is 10.9 Å². The third-order valence-corrected chi connectivity index (χ3v) is 3.97. The van der Waals surface area contributed by atoms with E-state index in [0.717, 1.165) is 38.8 Å². The fourth-order valence-corrected chi connectivity index (χ4v) is 2.71. The van der Waals surface area contributed by atoms with Crippen LogP contribution in [-0.2, 0) is 4.74 Å². The number of guanidine groups is 1. The average Bonchev–Trinajstić information content (AvgIpc) is 2.90. The predicted octanol–water partition coefficient (Wildman–Crippen LogP) is 2.06. The molecule has 1 atom stereocenters. The first-order chi connectivity index (χ1) is 9.27. The zero-order valence-corrected chi connectivity index (χ0v) is 13.5. The number of ether oxygens (including phenoxy) is 1. The molecule has 1 unspecified atom stereocenters. The number of rotatable bonds is 8. The van der Waals surface area contributed by atoms with Crippen molar-refractivity contribution in [3.05, 3.63) is 0 Å². The fraction of sp³-hybridized carbons (Fsp3) is 0.929. The molecule has 1 fully saturated rings. The van der Waals surface area contributed by atoms with Gasteiger partial charge >= 0.3 is 0 Å². The molecule has 0 aromatic heterocycles. The molecule has 112 valence electrons. The summed E-state index contributed by atoms with van der Waals surface area (Å²) < 4.78 is 5.43. The maximum Gasteiger partial charge on any atom is 0.193 e. The van der Waals surface area contributed by atoms with Crippen molar-refractivity contribution in [3.63, 3.8) is 0 Å². The van der Waals surface area contributed by atoms with Crippen LogP contribution in [0.1, 0.15) is 26.2 Å². The van der Waals surface area contributed by atoms with Crippen LogP contribution in [0.25, 0.3) is 0 Å². The van der Waals surface area contributed by atoms with Crippen LogP contribution in [0, 0.1) is 5.92 Å². The van der Waals surface area contributed by atoms with E-state index in [1.807, 2.05) is 11.8 Å². The summed E-state index contributed by atoms with van der Waals surface area (Å²) >= 11 is 1.91. The molecule has 4 nitrogen and oxygen atoms in total. The molecule has 1 heterocycles. The Morgan fingerprint density at radius 1 is 1.47 bits per heavy atom. The fourth-order valence-electron chi connectivity index (χ4n) is 2.21.